The number of likely N-dealkylation sites (N-methyl/N-ethyl adjacent to an activating group) is 1. The van der Waals surface area contributed by atoms with E-state index >= 15 is 0 Å². The molecule has 1 fully saturated rings. The van der Waals surface area contributed by atoms with Gasteiger partial charge >= 0.3 is 0 Å². The highest BCUT2D eigenvalue weighted by atomic mass is 16.2. The van der Waals surface area contributed by atoms with Gasteiger partial charge < -0.3 is 10.2 Å². The molecular formula is C14H19N5O. The molecule has 1 atom stereocenters. The lowest BCUT2D eigenvalue weighted by molar-refractivity contribution is 0.0698. The van der Waals surface area contributed by atoms with Crippen molar-refractivity contribution in [3.05, 3.63) is 23.5 Å². The van der Waals surface area contributed by atoms with Crippen LogP contribution < -0.4 is 5.32 Å². The van der Waals surface area contributed by atoms with E-state index in [1.54, 1.807) is 6.20 Å². The molecule has 0 bridgehead atoms. The van der Waals surface area contributed by atoms with E-state index in [1.807, 2.05) is 24.9 Å². The number of carbonyl (C=O) groups excluding carboxylic acids is 1. The van der Waals surface area contributed by atoms with Gasteiger partial charge in [0.1, 0.15) is 0 Å². The largest absolute Gasteiger partial charge is 0.337 e. The van der Waals surface area contributed by atoms with Gasteiger partial charge in [0, 0.05) is 36.4 Å². The van der Waals surface area contributed by atoms with Gasteiger partial charge in [0.25, 0.3) is 5.91 Å². The smallest absolute Gasteiger partial charge is 0.255 e. The number of H-pyrrole nitrogens is 1. The Labute approximate surface area is 117 Å². The van der Waals surface area contributed by atoms with Crippen LogP contribution in [0, 0.1) is 6.92 Å². The van der Waals surface area contributed by atoms with E-state index in [0.29, 0.717) is 17.3 Å². The summed E-state index contributed by atoms with van der Waals surface area (Å²) in [5, 5.41) is 11.1. The maximum Gasteiger partial charge on any atom is 0.255 e. The number of piperidine rings is 1. The third-order valence-electron chi connectivity index (χ3n) is 3.96. The van der Waals surface area contributed by atoms with Gasteiger partial charge in [0.05, 0.1) is 5.56 Å². The van der Waals surface area contributed by atoms with Crippen LogP contribution in [0.25, 0.3) is 11.0 Å². The Morgan fingerprint density at radius 3 is 3.20 bits per heavy atom. The summed E-state index contributed by atoms with van der Waals surface area (Å²) >= 11 is 0. The molecule has 106 valence electrons. The molecule has 2 N–H and O–H groups in total. The van der Waals surface area contributed by atoms with Gasteiger partial charge in [-0.15, -0.1) is 0 Å². The summed E-state index contributed by atoms with van der Waals surface area (Å²) in [5.41, 5.74) is 2.23. The molecule has 6 heteroatoms. The predicted molar refractivity (Wildman–Crippen MR) is 76.6 cm³/mol. The van der Waals surface area contributed by atoms with Crippen LogP contribution in [-0.2, 0) is 0 Å². The van der Waals surface area contributed by atoms with Gasteiger partial charge in [-0.25, -0.2) is 4.98 Å². The molecule has 0 aliphatic carbocycles. The number of pyridine rings is 1. The van der Waals surface area contributed by atoms with Crippen LogP contribution in [0.15, 0.2) is 12.3 Å². The second-order valence-corrected chi connectivity index (χ2v) is 5.32. The number of hydrogen-bond donors (Lipinski definition) is 2. The summed E-state index contributed by atoms with van der Waals surface area (Å²) in [4.78, 5) is 18.7. The van der Waals surface area contributed by atoms with Crippen LogP contribution in [0.1, 0.15) is 28.9 Å². The molecule has 3 rings (SSSR count). The van der Waals surface area contributed by atoms with Gasteiger partial charge in [-0.2, -0.15) is 5.10 Å². The molecule has 0 aromatic carbocycles. The number of carbonyl (C=O) groups is 1. The van der Waals surface area contributed by atoms with E-state index in [2.05, 4.69) is 20.5 Å². The van der Waals surface area contributed by atoms with Crippen molar-refractivity contribution in [3.63, 3.8) is 0 Å². The van der Waals surface area contributed by atoms with Crippen LogP contribution in [0.5, 0.6) is 0 Å². The Morgan fingerprint density at radius 1 is 1.55 bits per heavy atom. The average Bonchev–Trinajstić information content (AvgIpc) is 2.87. The normalized spacial score (nSPS) is 19.5. The fraction of sp³-hybridized carbons (Fsp3) is 0.500. The average molecular weight is 273 g/mol. The number of fused-ring (bicyclic) bond motifs is 1. The number of rotatable bonds is 2. The zero-order valence-electron chi connectivity index (χ0n) is 11.8. The van der Waals surface area contributed by atoms with Crippen molar-refractivity contribution in [2.45, 2.75) is 25.8 Å². The molecule has 6 nitrogen and oxygen atoms in total. The van der Waals surface area contributed by atoms with Gasteiger partial charge in [-0.05, 0) is 32.9 Å². The summed E-state index contributed by atoms with van der Waals surface area (Å²) in [5.74, 6) is 0.0555. The number of likely N-dealkylation sites (tertiary alicyclic amines) is 1. The number of aromatic nitrogens is 3. The van der Waals surface area contributed by atoms with Gasteiger partial charge in [0.15, 0.2) is 5.65 Å². The Hall–Kier alpha value is -1.95. The molecule has 1 unspecified atom stereocenters. The van der Waals surface area contributed by atoms with Crippen molar-refractivity contribution in [3.8, 4) is 0 Å². The zero-order chi connectivity index (χ0) is 14.1. The number of nitrogens with zero attached hydrogens (tertiary/aromatic N) is 3. The van der Waals surface area contributed by atoms with Crippen molar-refractivity contribution in [1.29, 1.82) is 0 Å². The highest BCUT2D eigenvalue weighted by molar-refractivity contribution is 5.97. The van der Waals surface area contributed by atoms with Crippen molar-refractivity contribution >= 4 is 16.9 Å². The third-order valence-corrected chi connectivity index (χ3v) is 3.96. The number of amides is 1. The molecule has 0 radical (unpaired) electrons. The molecule has 2 aromatic rings. The lowest BCUT2D eigenvalue weighted by Crippen LogP contribution is -2.46. The topological polar surface area (TPSA) is 73.9 Å². The van der Waals surface area contributed by atoms with Gasteiger partial charge in [-0.3, -0.25) is 9.89 Å². The first-order valence-corrected chi connectivity index (χ1v) is 6.96. The molecule has 2 aromatic heterocycles. The fourth-order valence-corrected chi connectivity index (χ4v) is 2.72. The van der Waals surface area contributed by atoms with Crippen molar-refractivity contribution in [2.75, 3.05) is 20.1 Å². The van der Waals surface area contributed by atoms with Crippen molar-refractivity contribution in [1.82, 2.24) is 25.4 Å². The Balaban J connectivity index is 1.86. The second kappa shape index (κ2) is 5.20. The lowest BCUT2D eigenvalue weighted by atomic mass is 10.0. The maximum atomic E-state index is 12.6. The quantitative estimate of drug-likeness (QED) is 0.859. The minimum absolute atomic E-state index is 0.0555. The van der Waals surface area contributed by atoms with Gasteiger partial charge in [-0.1, -0.05) is 0 Å². The minimum Gasteiger partial charge on any atom is -0.337 e. The summed E-state index contributed by atoms with van der Waals surface area (Å²) in [7, 11) is 1.95. The number of hydrogen-bond acceptors (Lipinski definition) is 4. The SMILES string of the molecule is CNC1CCCN(C(=O)c2cnc3n[nH]c(C)c3c2)C1. The summed E-state index contributed by atoms with van der Waals surface area (Å²) in [6.45, 7) is 3.51. The van der Waals surface area contributed by atoms with Crippen molar-refractivity contribution in [2.24, 2.45) is 0 Å². The Bertz CT molecular complexity index is 636. The third kappa shape index (κ3) is 2.27. The van der Waals surface area contributed by atoms with Crippen LogP contribution >= 0.6 is 0 Å². The van der Waals surface area contributed by atoms with Crippen LogP contribution in [-0.4, -0.2) is 52.2 Å². The zero-order valence-corrected chi connectivity index (χ0v) is 11.8. The second-order valence-electron chi connectivity index (χ2n) is 5.32. The number of nitrogens with one attached hydrogen (secondary N) is 2. The fourth-order valence-electron chi connectivity index (χ4n) is 2.72. The summed E-state index contributed by atoms with van der Waals surface area (Å²) in [6, 6.07) is 2.27. The van der Waals surface area contributed by atoms with E-state index in [-0.39, 0.29) is 5.91 Å². The van der Waals surface area contributed by atoms with E-state index in [4.69, 9.17) is 0 Å². The highest BCUT2D eigenvalue weighted by Gasteiger charge is 2.24. The molecule has 0 saturated carbocycles. The van der Waals surface area contributed by atoms with E-state index in [9.17, 15) is 4.79 Å². The molecule has 1 aliphatic heterocycles. The molecule has 1 saturated heterocycles. The van der Waals surface area contributed by atoms with Crippen LogP contribution in [0.2, 0.25) is 0 Å². The Morgan fingerprint density at radius 2 is 2.40 bits per heavy atom. The summed E-state index contributed by atoms with van der Waals surface area (Å²) < 4.78 is 0. The van der Waals surface area contributed by atoms with E-state index < -0.39 is 0 Å². The first-order valence-electron chi connectivity index (χ1n) is 6.96. The first-order chi connectivity index (χ1) is 9.69. The first kappa shape index (κ1) is 13.1. The summed E-state index contributed by atoms with van der Waals surface area (Å²) in [6.07, 6.45) is 3.78. The molecule has 0 spiro atoms. The minimum atomic E-state index is 0.0555. The van der Waals surface area contributed by atoms with E-state index in [1.165, 1.54) is 0 Å². The molecule has 1 aliphatic rings. The molecule has 20 heavy (non-hydrogen) atoms. The maximum absolute atomic E-state index is 12.6. The highest BCUT2D eigenvalue weighted by Crippen LogP contribution is 2.18. The van der Waals surface area contributed by atoms with E-state index in [0.717, 1.165) is 37.0 Å². The lowest BCUT2D eigenvalue weighted by Gasteiger charge is -2.32. The number of aryl methyl sites for hydroxylation is 1. The standard InChI is InChI=1S/C14H19N5O/c1-9-12-6-10(7-16-13(12)18-17-9)14(20)19-5-3-4-11(8-19)15-2/h6-7,11,15H,3-5,8H2,1-2H3,(H,16,17,18). The van der Waals surface area contributed by atoms with Crippen LogP contribution in [0.4, 0.5) is 0 Å². The molecule has 1 amide bonds. The monoisotopic (exact) mass is 273 g/mol. The predicted octanol–water partition coefficient (Wildman–Crippen LogP) is 1.09. The molecular weight excluding hydrogens is 254 g/mol. The Kier molecular flexibility index (Phi) is 3.40. The van der Waals surface area contributed by atoms with Crippen LogP contribution in [0.3, 0.4) is 0 Å². The van der Waals surface area contributed by atoms with Crippen molar-refractivity contribution < 1.29 is 4.79 Å². The number of aromatic amines is 1. The molecule has 3 heterocycles. The van der Waals surface area contributed by atoms with Gasteiger partial charge in [0.2, 0.25) is 0 Å².